The van der Waals surface area contributed by atoms with Gasteiger partial charge in [0, 0.05) is 30.1 Å². The molecule has 28 heavy (non-hydrogen) atoms. The first kappa shape index (κ1) is 19.9. The van der Waals surface area contributed by atoms with Crippen LogP contribution in [-0.4, -0.2) is 46.9 Å². The smallest absolute Gasteiger partial charge is 0.152 e. The largest absolute Gasteiger partial charge is 0.390 e. The molecule has 2 fully saturated rings. The van der Waals surface area contributed by atoms with Crippen molar-refractivity contribution >= 4 is 29.0 Å². The van der Waals surface area contributed by atoms with Gasteiger partial charge in [0.05, 0.1) is 41.3 Å². The maximum Gasteiger partial charge on any atom is 0.152 e. The standard InChI is InChI=1S/C20H24Cl2N4O2/c1-12-18(23)20(11-28-12)5-7-26(8-6-20)19-16(10-27)25-15(9-24-19)13-3-2-4-14(21)17(13)22/h2-4,9,12,18,27H,5-8,10-11,23H2,1H3/t12-,18+/m0/s1. The molecule has 0 unspecified atom stereocenters. The number of hydrogen-bond donors (Lipinski definition) is 2. The van der Waals surface area contributed by atoms with Crippen LogP contribution in [0.1, 0.15) is 25.5 Å². The number of ether oxygens (including phenoxy) is 1. The molecule has 150 valence electrons. The number of nitrogens with two attached hydrogens (primary N) is 1. The molecule has 2 atom stereocenters. The van der Waals surface area contributed by atoms with Gasteiger partial charge in [-0.3, -0.25) is 0 Å². The Kier molecular flexibility index (Phi) is 5.51. The van der Waals surface area contributed by atoms with Gasteiger partial charge in [0.1, 0.15) is 5.69 Å². The highest BCUT2D eigenvalue weighted by Crippen LogP contribution is 2.42. The zero-order chi connectivity index (χ0) is 19.9. The van der Waals surface area contributed by atoms with Crippen LogP contribution < -0.4 is 10.6 Å². The number of benzene rings is 1. The van der Waals surface area contributed by atoms with Crippen LogP contribution in [0.5, 0.6) is 0 Å². The van der Waals surface area contributed by atoms with Crippen LogP contribution in [0.15, 0.2) is 24.4 Å². The van der Waals surface area contributed by atoms with Crippen molar-refractivity contribution in [1.29, 1.82) is 0 Å². The molecule has 6 nitrogen and oxygen atoms in total. The highest BCUT2D eigenvalue weighted by molar-refractivity contribution is 6.43. The van der Waals surface area contributed by atoms with E-state index in [9.17, 15) is 5.11 Å². The first-order chi connectivity index (χ1) is 13.4. The quantitative estimate of drug-likeness (QED) is 0.789. The summed E-state index contributed by atoms with van der Waals surface area (Å²) in [6, 6.07) is 5.44. The third-order valence-corrected chi connectivity index (χ3v) is 6.92. The molecule has 2 aliphatic heterocycles. The number of nitrogens with zero attached hydrogens (tertiary/aromatic N) is 3. The summed E-state index contributed by atoms with van der Waals surface area (Å²) in [6.07, 6.45) is 3.66. The molecule has 2 saturated heterocycles. The van der Waals surface area contributed by atoms with Gasteiger partial charge in [-0.2, -0.15) is 0 Å². The van der Waals surface area contributed by atoms with E-state index in [0.29, 0.717) is 39.4 Å². The Labute approximate surface area is 174 Å². The van der Waals surface area contributed by atoms with Gasteiger partial charge in [-0.1, -0.05) is 35.3 Å². The molecule has 0 aliphatic carbocycles. The molecular formula is C20H24Cl2N4O2. The maximum atomic E-state index is 9.90. The van der Waals surface area contributed by atoms with E-state index in [1.165, 1.54) is 0 Å². The average molecular weight is 423 g/mol. The summed E-state index contributed by atoms with van der Waals surface area (Å²) < 4.78 is 5.80. The average Bonchev–Trinajstić information content (AvgIpc) is 2.99. The topological polar surface area (TPSA) is 84.5 Å². The van der Waals surface area contributed by atoms with E-state index in [-0.39, 0.29) is 24.2 Å². The Hall–Kier alpha value is -1.44. The molecule has 1 spiro atoms. The second-order valence-corrected chi connectivity index (χ2v) is 8.46. The second kappa shape index (κ2) is 7.76. The summed E-state index contributed by atoms with van der Waals surface area (Å²) >= 11 is 12.4. The van der Waals surface area contributed by atoms with Gasteiger partial charge >= 0.3 is 0 Å². The summed E-state index contributed by atoms with van der Waals surface area (Å²) in [7, 11) is 0. The summed E-state index contributed by atoms with van der Waals surface area (Å²) in [4.78, 5) is 11.4. The third-order valence-electron chi connectivity index (χ3n) is 6.11. The Morgan fingerprint density at radius 1 is 1.32 bits per heavy atom. The fraction of sp³-hybridized carbons (Fsp3) is 0.500. The van der Waals surface area contributed by atoms with Crippen molar-refractivity contribution in [2.45, 2.75) is 38.5 Å². The number of aliphatic hydroxyl groups excluding tert-OH is 1. The molecule has 0 bridgehead atoms. The van der Waals surface area contributed by atoms with E-state index >= 15 is 0 Å². The number of aromatic nitrogens is 2. The van der Waals surface area contributed by atoms with Gasteiger partial charge in [-0.25, -0.2) is 9.97 Å². The Balaban J connectivity index is 1.57. The fourth-order valence-electron chi connectivity index (χ4n) is 4.26. The zero-order valence-corrected chi connectivity index (χ0v) is 17.2. The molecule has 0 saturated carbocycles. The SMILES string of the molecule is C[C@@H]1OCC2(CCN(c3ncc(-c4cccc(Cl)c4Cl)nc3CO)CC2)[C@@H]1N. The van der Waals surface area contributed by atoms with Crippen LogP contribution >= 0.6 is 23.2 Å². The fourth-order valence-corrected chi connectivity index (χ4v) is 4.66. The van der Waals surface area contributed by atoms with Crippen LogP contribution in [0, 0.1) is 5.41 Å². The Morgan fingerprint density at radius 3 is 2.71 bits per heavy atom. The van der Waals surface area contributed by atoms with Crippen LogP contribution in [-0.2, 0) is 11.3 Å². The Morgan fingerprint density at radius 2 is 2.07 bits per heavy atom. The van der Waals surface area contributed by atoms with Crippen molar-refractivity contribution in [3.63, 3.8) is 0 Å². The number of aliphatic hydroxyl groups is 1. The molecule has 3 heterocycles. The molecule has 2 aromatic rings. The lowest BCUT2D eigenvalue weighted by molar-refractivity contribution is 0.0973. The Bertz CT molecular complexity index is 871. The summed E-state index contributed by atoms with van der Waals surface area (Å²) in [5.74, 6) is 0.708. The molecule has 1 aromatic carbocycles. The minimum absolute atomic E-state index is 0.0387. The van der Waals surface area contributed by atoms with Gasteiger partial charge in [-0.15, -0.1) is 0 Å². The third kappa shape index (κ3) is 3.37. The molecule has 1 aromatic heterocycles. The molecule has 4 rings (SSSR count). The maximum absolute atomic E-state index is 9.90. The predicted octanol–water partition coefficient (Wildman–Crippen LogP) is 3.28. The molecule has 0 amide bonds. The van der Waals surface area contributed by atoms with E-state index in [1.54, 1.807) is 12.3 Å². The number of piperidine rings is 1. The molecule has 3 N–H and O–H groups in total. The lowest BCUT2D eigenvalue weighted by atomic mass is 9.73. The lowest BCUT2D eigenvalue weighted by Gasteiger charge is -2.41. The van der Waals surface area contributed by atoms with Crippen LogP contribution in [0.3, 0.4) is 0 Å². The highest BCUT2D eigenvalue weighted by Gasteiger charge is 2.47. The van der Waals surface area contributed by atoms with Crippen molar-refractivity contribution in [3.8, 4) is 11.3 Å². The molecule has 8 heteroatoms. The zero-order valence-electron chi connectivity index (χ0n) is 15.7. The minimum atomic E-state index is -0.199. The number of hydrogen-bond acceptors (Lipinski definition) is 6. The number of rotatable bonds is 3. The normalized spacial score (nSPS) is 24.1. The van der Waals surface area contributed by atoms with E-state index in [1.807, 2.05) is 19.1 Å². The van der Waals surface area contributed by atoms with Crippen LogP contribution in [0.2, 0.25) is 10.0 Å². The first-order valence-corrected chi connectivity index (χ1v) is 10.2. The van der Waals surface area contributed by atoms with E-state index in [4.69, 9.17) is 33.7 Å². The van der Waals surface area contributed by atoms with Gasteiger partial charge < -0.3 is 20.5 Å². The molecular weight excluding hydrogens is 399 g/mol. The van der Waals surface area contributed by atoms with Gasteiger partial charge in [0.25, 0.3) is 0 Å². The van der Waals surface area contributed by atoms with E-state index < -0.39 is 0 Å². The van der Waals surface area contributed by atoms with Crippen LogP contribution in [0.25, 0.3) is 11.3 Å². The minimum Gasteiger partial charge on any atom is -0.390 e. The van der Waals surface area contributed by atoms with E-state index in [0.717, 1.165) is 25.9 Å². The summed E-state index contributed by atoms with van der Waals surface area (Å²) in [6.45, 7) is 4.18. The van der Waals surface area contributed by atoms with Gasteiger partial charge in [-0.05, 0) is 25.8 Å². The first-order valence-electron chi connectivity index (χ1n) is 9.48. The predicted molar refractivity (Wildman–Crippen MR) is 111 cm³/mol. The van der Waals surface area contributed by atoms with E-state index in [2.05, 4.69) is 14.9 Å². The second-order valence-electron chi connectivity index (χ2n) is 7.68. The van der Waals surface area contributed by atoms with Crippen molar-refractivity contribution < 1.29 is 9.84 Å². The molecule has 2 aliphatic rings. The van der Waals surface area contributed by atoms with Crippen molar-refractivity contribution in [2.75, 3.05) is 24.6 Å². The van der Waals surface area contributed by atoms with Gasteiger partial charge in [0.15, 0.2) is 5.82 Å². The highest BCUT2D eigenvalue weighted by atomic mass is 35.5. The van der Waals surface area contributed by atoms with Crippen molar-refractivity contribution in [2.24, 2.45) is 11.1 Å². The number of anilines is 1. The molecule has 0 radical (unpaired) electrons. The summed E-state index contributed by atoms with van der Waals surface area (Å²) in [5, 5.41) is 10.8. The lowest BCUT2D eigenvalue weighted by Crippen LogP contribution is -2.51. The van der Waals surface area contributed by atoms with Crippen molar-refractivity contribution in [3.05, 3.63) is 40.1 Å². The van der Waals surface area contributed by atoms with Crippen LogP contribution in [0.4, 0.5) is 5.82 Å². The number of halogens is 2. The van der Waals surface area contributed by atoms with Gasteiger partial charge in [0.2, 0.25) is 0 Å². The summed E-state index contributed by atoms with van der Waals surface area (Å²) in [5.41, 5.74) is 8.26. The monoisotopic (exact) mass is 422 g/mol. The van der Waals surface area contributed by atoms with Crippen molar-refractivity contribution in [1.82, 2.24) is 9.97 Å².